The van der Waals surface area contributed by atoms with Gasteiger partial charge in [0.2, 0.25) is 5.91 Å². The summed E-state index contributed by atoms with van der Waals surface area (Å²) >= 11 is 1.32. The van der Waals surface area contributed by atoms with Gasteiger partial charge >= 0.3 is 0 Å². The van der Waals surface area contributed by atoms with Gasteiger partial charge in [0, 0.05) is 6.08 Å². The highest BCUT2D eigenvalue weighted by Crippen LogP contribution is 2.27. The number of aromatic nitrogens is 1. The van der Waals surface area contributed by atoms with Crippen LogP contribution < -0.4 is 10.1 Å². The standard InChI is InChI=1S/C17H19N3O4S/c1-10-16(11(2)20-24-4)25-17(18-10)19-15(22)8-6-12-5-7-13(21)14(9-12)23-3/h5-9,21H,1-4H3,(H,18,19,22)/b8-6+,20-11+. The zero-order valence-corrected chi connectivity index (χ0v) is 15.2. The number of carbonyl (C=O) groups is 1. The molecule has 1 aromatic heterocycles. The molecule has 0 fully saturated rings. The fourth-order valence-electron chi connectivity index (χ4n) is 2.08. The monoisotopic (exact) mass is 361 g/mol. The average molecular weight is 361 g/mol. The Balaban J connectivity index is 2.08. The number of aryl methyl sites for hydroxylation is 1. The SMILES string of the molecule is CO/N=C(\C)c1sc(NC(=O)/C=C/c2ccc(O)c(OC)c2)nc1C. The molecule has 0 saturated carbocycles. The van der Waals surface area contributed by atoms with Gasteiger partial charge in [-0.3, -0.25) is 10.1 Å². The van der Waals surface area contributed by atoms with Crippen LogP contribution in [-0.2, 0) is 9.63 Å². The van der Waals surface area contributed by atoms with E-state index in [0.29, 0.717) is 16.6 Å². The fourth-order valence-corrected chi connectivity index (χ4v) is 2.99. The Kier molecular flexibility index (Phi) is 6.13. The molecule has 0 aliphatic carbocycles. The first-order chi connectivity index (χ1) is 11.9. The van der Waals surface area contributed by atoms with Crippen LogP contribution in [0.4, 0.5) is 5.13 Å². The lowest BCUT2D eigenvalue weighted by atomic mass is 10.2. The maximum atomic E-state index is 12.1. The number of benzene rings is 1. The van der Waals surface area contributed by atoms with Gasteiger partial charge in [-0.1, -0.05) is 22.6 Å². The Bertz CT molecular complexity index is 827. The molecule has 7 nitrogen and oxygen atoms in total. The number of carbonyl (C=O) groups excluding carboxylic acids is 1. The molecule has 0 saturated heterocycles. The zero-order chi connectivity index (χ0) is 18.4. The first-order valence-corrected chi connectivity index (χ1v) is 8.18. The number of anilines is 1. The van der Waals surface area contributed by atoms with Gasteiger partial charge in [0.25, 0.3) is 0 Å². The average Bonchev–Trinajstić information content (AvgIpc) is 2.94. The number of nitrogens with one attached hydrogen (secondary N) is 1. The molecule has 2 rings (SSSR count). The number of rotatable bonds is 6. The van der Waals surface area contributed by atoms with Crippen molar-refractivity contribution >= 4 is 34.2 Å². The van der Waals surface area contributed by atoms with E-state index >= 15 is 0 Å². The van der Waals surface area contributed by atoms with E-state index in [-0.39, 0.29) is 11.7 Å². The minimum Gasteiger partial charge on any atom is -0.504 e. The number of phenols is 1. The molecule has 0 aliphatic rings. The second-order valence-corrected chi connectivity index (χ2v) is 6.05. The summed E-state index contributed by atoms with van der Waals surface area (Å²) in [4.78, 5) is 22.0. The smallest absolute Gasteiger partial charge is 0.250 e. The van der Waals surface area contributed by atoms with Gasteiger partial charge < -0.3 is 14.7 Å². The summed E-state index contributed by atoms with van der Waals surface area (Å²) in [5, 5.41) is 16.6. The van der Waals surface area contributed by atoms with Crippen LogP contribution in [0.15, 0.2) is 29.4 Å². The van der Waals surface area contributed by atoms with Gasteiger partial charge in [-0.05, 0) is 37.6 Å². The number of oxime groups is 1. The number of thiazole rings is 1. The van der Waals surface area contributed by atoms with Crippen molar-refractivity contribution in [1.29, 1.82) is 0 Å². The summed E-state index contributed by atoms with van der Waals surface area (Å²) in [6.07, 6.45) is 3.01. The fraction of sp³-hybridized carbons (Fsp3) is 0.235. The van der Waals surface area contributed by atoms with Gasteiger partial charge in [0.05, 0.1) is 23.4 Å². The number of phenolic OH excluding ortho intramolecular Hbond substituents is 1. The lowest BCUT2D eigenvalue weighted by molar-refractivity contribution is -0.111. The van der Waals surface area contributed by atoms with Gasteiger partial charge in [-0.15, -0.1) is 0 Å². The number of ether oxygens (including phenoxy) is 1. The van der Waals surface area contributed by atoms with E-state index in [1.165, 1.54) is 37.7 Å². The Morgan fingerprint density at radius 1 is 1.40 bits per heavy atom. The molecule has 0 bridgehead atoms. The molecule has 2 N–H and O–H groups in total. The van der Waals surface area contributed by atoms with Crippen LogP contribution in [0.5, 0.6) is 11.5 Å². The van der Waals surface area contributed by atoms with E-state index < -0.39 is 0 Å². The topological polar surface area (TPSA) is 93.0 Å². The highest BCUT2D eigenvalue weighted by molar-refractivity contribution is 7.17. The molecular weight excluding hydrogens is 342 g/mol. The Morgan fingerprint density at radius 3 is 2.84 bits per heavy atom. The van der Waals surface area contributed by atoms with Crippen LogP contribution in [0, 0.1) is 6.92 Å². The lowest BCUT2D eigenvalue weighted by Gasteiger charge is -2.03. The molecule has 0 aliphatic heterocycles. The molecular formula is C17H19N3O4S. The van der Waals surface area contributed by atoms with Crippen LogP contribution >= 0.6 is 11.3 Å². The third kappa shape index (κ3) is 4.80. The molecule has 0 spiro atoms. The van der Waals surface area contributed by atoms with Crippen molar-refractivity contribution in [2.75, 3.05) is 19.5 Å². The highest BCUT2D eigenvalue weighted by Gasteiger charge is 2.12. The molecule has 25 heavy (non-hydrogen) atoms. The van der Waals surface area contributed by atoms with Crippen molar-refractivity contribution in [2.24, 2.45) is 5.16 Å². The van der Waals surface area contributed by atoms with Crippen LogP contribution in [0.2, 0.25) is 0 Å². The summed E-state index contributed by atoms with van der Waals surface area (Å²) in [7, 11) is 2.94. The number of amides is 1. The second-order valence-electron chi connectivity index (χ2n) is 5.05. The number of methoxy groups -OCH3 is 1. The van der Waals surface area contributed by atoms with E-state index in [4.69, 9.17) is 9.57 Å². The van der Waals surface area contributed by atoms with Gasteiger partial charge in [-0.25, -0.2) is 4.98 Å². The van der Waals surface area contributed by atoms with Crippen molar-refractivity contribution in [1.82, 2.24) is 4.98 Å². The van der Waals surface area contributed by atoms with E-state index in [0.717, 1.165) is 16.1 Å². The number of nitrogens with zero attached hydrogens (tertiary/aromatic N) is 2. The number of hydrogen-bond acceptors (Lipinski definition) is 7. The predicted octanol–water partition coefficient (Wildman–Crippen LogP) is 3.19. The first kappa shape index (κ1) is 18.5. The molecule has 0 radical (unpaired) electrons. The van der Waals surface area contributed by atoms with E-state index in [2.05, 4.69) is 15.5 Å². The van der Waals surface area contributed by atoms with Crippen molar-refractivity contribution in [3.63, 3.8) is 0 Å². The maximum Gasteiger partial charge on any atom is 0.250 e. The minimum absolute atomic E-state index is 0.0444. The molecule has 0 unspecified atom stereocenters. The van der Waals surface area contributed by atoms with Crippen molar-refractivity contribution < 1.29 is 19.5 Å². The first-order valence-electron chi connectivity index (χ1n) is 7.36. The molecule has 0 atom stereocenters. The third-order valence-corrected chi connectivity index (χ3v) is 4.40. The highest BCUT2D eigenvalue weighted by atomic mass is 32.1. The molecule has 1 aromatic carbocycles. The van der Waals surface area contributed by atoms with E-state index in [1.54, 1.807) is 18.2 Å². The van der Waals surface area contributed by atoms with Crippen LogP contribution in [0.3, 0.4) is 0 Å². The quantitative estimate of drug-likeness (QED) is 0.468. The second kappa shape index (κ2) is 8.29. The lowest BCUT2D eigenvalue weighted by Crippen LogP contribution is -2.07. The summed E-state index contributed by atoms with van der Waals surface area (Å²) in [5.74, 6) is 0.0762. The molecule has 132 valence electrons. The predicted molar refractivity (Wildman–Crippen MR) is 98.4 cm³/mol. The normalized spacial score (nSPS) is 11.6. The summed E-state index contributed by atoms with van der Waals surface area (Å²) in [5.41, 5.74) is 2.19. The van der Waals surface area contributed by atoms with Gasteiger partial charge in [-0.2, -0.15) is 0 Å². The minimum atomic E-state index is -0.311. The largest absolute Gasteiger partial charge is 0.504 e. The van der Waals surface area contributed by atoms with Crippen molar-refractivity contribution in [2.45, 2.75) is 13.8 Å². The molecule has 2 aromatic rings. The number of aromatic hydroxyl groups is 1. The van der Waals surface area contributed by atoms with Crippen molar-refractivity contribution in [3.8, 4) is 11.5 Å². The summed E-state index contributed by atoms with van der Waals surface area (Å²) in [6.45, 7) is 3.66. The molecule has 1 amide bonds. The van der Waals surface area contributed by atoms with Gasteiger partial charge in [0.15, 0.2) is 16.6 Å². The Morgan fingerprint density at radius 2 is 2.16 bits per heavy atom. The zero-order valence-electron chi connectivity index (χ0n) is 14.4. The van der Waals surface area contributed by atoms with E-state index in [9.17, 15) is 9.90 Å². The Labute approximate surface area is 149 Å². The van der Waals surface area contributed by atoms with Crippen molar-refractivity contribution in [3.05, 3.63) is 40.4 Å². The van der Waals surface area contributed by atoms with Crippen LogP contribution in [0.25, 0.3) is 6.08 Å². The summed E-state index contributed by atoms with van der Waals surface area (Å²) in [6, 6.07) is 4.82. The summed E-state index contributed by atoms with van der Waals surface area (Å²) < 4.78 is 5.03. The van der Waals surface area contributed by atoms with Crippen LogP contribution in [0.1, 0.15) is 23.1 Å². The number of hydrogen-bond donors (Lipinski definition) is 2. The van der Waals surface area contributed by atoms with Gasteiger partial charge in [0.1, 0.15) is 7.11 Å². The third-order valence-electron chi connectivity index (χ3n) is 3.21. The Hall–Kier alpha value is -2.87. The molecule has 1 heterocycles. The van der Waals surface area contributed by atoms with E-state index in [1.807, 2.05) is 13.8 Å². The van der Waals surface area contributed by atoms with Crippen LogP contribution in [-0.4, -0.2) is 35.9 Å². The maximum absolute atomic E-state index is 12.1. The molecule has 8 heteroatoms.